The quantitative estimate of drug-likeness (QED) is 0.314. The van der Waals surface area contributed by atoms with E-state index in [1.807, 2.05) is 23.0 Å². The smallest absolute Gasteiger partial charge is 0.255 e. The molecule has 0 radical (unpaired) electrons. The first-order valence-corrected chi connectivity index (χ1v) is 12.9. The summed E-state index contributed by atoms with van der Waals surface area (Å²) in [4.78, 5) is 17.6. The molecule has 0 aliphatic heterocycles. The van der Waals surface area contributed by atoms with Gasteiger partial charge in [0.2, 0.25) is 0 Å². The zero-order valence-corrected chi connectivity index (χ0v) is 21.8. The number of carbonyl (C=O) groups excluding carboxylic acids is 1. The van der Waals surface area contributed by atoms with Crippen LogP contribution >= 0.6 is 0 Å². The van der Waals surface area contributed by atoms with Crippen LogP contribution in [0.3, 0.4) is 0 Å². The molecule has 1 saturated carbocycles. The van der Waals surface area contributed by atoms with Crippen molar-refractivity contribution < 1.29 is 14.3 Å². The molecule has 3 N–H and O–H groups in total. The van der Waals surface area contributed by atoms with E-state index in [1.165, 1.54) is 26.2 Å². The van der Waals surface area contributed by atoms with E-state index in [0.717, 1.165) is 31.2 Å². The lowest BCUT2D eigenvalue weighted by atomic mass is 9.91. The number of aliphatic hydroxyl groups is 1. The second-order valence-electron chi connectivity index (χ2n) is 10.4. The number of alkyl halides is 1. The summed E-state index contributed by atoms with van der Waals surface area (Å²) in [5.74, 6) is -0.489. The summed E-state index contributed by atoms with van der Waals surface area (Å²) in [5.41, 5.74) is 1.76. The van der Waals surface area contributed by atoms with Crippen LogP contribution < -0.4 is 10.6 Å². The van der Waals surface area contributed by atoms with Crippen LogP contribution in [0.15, 0.2) is 49.1 Å². The van der Waals surface area contributed by atoms with Gasteiger partial charge in [-0.15, -0.1) is 5.10 Å². The van der Waals surface area contributed by atoms with Gasteiger partial charge in [0.05, 0.1) is 64.3 Å². The molecule has 0 spiro atoms. The number of pyridine rings is 1. The van der Waals surface area contributed by atoms with Crippen LogP contribution in [0, 0.1) is 11.3 Å². The van der Waals surface area contributed by atoms with E-state index in [0.29, 0.717) is 22.6 Å². The van der Waals surface area contributed by atoms with Gasteiger partial charge in [0.25, 0.3) is 5.91 Å². The maximum absolute atomic E-state index is 14.3. The van der Waals surface area contributed by atoms with Crippen LogP contribution in [-0.2, 0) is 0 Å². The van der Waals surface area contributed by atoms with Crippen LogP contribution in [0.25, 0.3) is 16.9 Å². The Morgan fingerprint density at radius 2 is 2.05 bits per heavy atom. The first kappa shape index (κ1) is 26.2. The van der Waals surface area contributed by atoms with Crippen LogP contribution in [0.1, 0.15) is 61.5 Å². The molecule has 0 saturated heterocycles. The molecule has 1 aliphatic rings. The van der Waals surface area contributed by atoms with Gasteiger partial charge in [-0.1, -0.05) is 5.21 Å². The number of fused-ring (bicyclic) bond motifs is 1. The monoisotopic (exact) mass is 531 g/mol. The van der Waals surface area contributed by atoms with Crippen molar-refractivity contribution in [2.24, 2.45) is 0 Å². The highest BCUT2D eigenvalue weighted by molar-refractivity contribution is 6.00. The predicted molar refractivity (Wildman–Crippen MR) is 142 cm³/mol. The Bertz CT molecular complexity index is 1500. The Morgan fingerprint density at radius 3 is 2.74 bits per heavy atom. The molecule has 4 aromatic rings. The van der Waals surface area contributed by atoms with Gasteiger partial charge in [-0.05, 0) is 63.8 Å². The van der Waals surface area contributed by atoms with Crippen LogP contribution in [0.2, 0.25) is 0 Å². The maximum Gasteiger partial charge on any atom is 0.255 e. The zero-order valence-electron chi connectivity index (χ0n) is 21.8. The number of nitriles is 1. The number of carbonyl (C=O) groups is 1. The molecule has 0 aromatic carbocycles. The van der Waals surface area contributed by atoms with Gasteiger partial charge < -0.3 is 15.7 Å². The number of amides is 1. The molecule has 1 amide bonds. The van der Waals surface area contributed by atoms with Crippen molar-refractivity contribution in [3.05, 3.63) is 60.2 Å². The largest absolute Gasteiger partial charge is 0.387 e. The third-order valence-corrected chi connectivity index (χ3v) is 7.12. The Morgan fingerprint density at radius 1 is 1.26 bits per heavy atom. The Labute approximate surface area is 224 Å². The number of nitrogens with one attached hydrogen (secondary N) is 2. The Kier molecular flexibility index (Phi) is 7.26. The first-order valence-electron chi connectivity index (χ1n) is 12.9. The van der Waals surface area contributed by atoms with Crippen molar-refractivity contribution in [3.63, 3.8) is 0 Å². The fourth-order valence-electron chi connectivity index (χ4n) is 4.79. The van der Waals surface area contributed by atoms with Gasteiger partial charge in [-0.3, -0.25) is 9.78 Å². The molecule has 4 aromatic heterocycles. The van der Waals surface area contributed by atoms with Crippen molar-refractivity contribution in [1.82, 2.24) is 34.9 Å². The lowest BCUT2D eigenvalue weighted by molar-refractivity contribution is -0.00177. The highest BCUT2D eigenvalue weighted by atomic mass is 19.1. The fourth-order valence-corrected chi connectivity index (χ4v) is 4.79. The van der Waals surface area contributed by atoms with Gasteiger partial charge in [0.15, 0.2) is 0 Å². The summed E-state index contributed by atoms with van der Waals surface area (Å²) in [7, 11) is 0. The molecule has 0 unspecified atom stereocenters. The first-order chi connectivity index (χ1) is 18.7. The van der Waals surface area contributed by atoms with E-state index < -0.39 is 17.7 Å². The predicted octanol–water partition coefficient (Wildman–Crippen LogP) is 3.29. The van der Waals surface area contributed by atoms with E-state index >= 15 is 0 Å². The lowest BCUT2D eigenvalue weighted by Crippen LogP contribution is -2.42. The second-order valence-corrected chi connectivity index (χ2v) is 10.4. The zero-order chi connectivity index (χ0) is 27.6. The number of aromatic nitrogens is 6. The average Bonchev–Trinajstić information content (AvgIpc) is 3.61. The number of hydrogen-bond donors (Lipinski definition) is 3. The van der Waals surface area contributed by atoms with Crippen molar-refractivity contribution in [2.45, 2.75) is 63.4 Å². The summed E-state index contributed by atoms with van der Waals surface area (Å²) < 4.78 is 17.9. The minimum atomic E-state index is -1.63. The van der Waals surface area contributed by atoms with Gasteiger partial charge >= 0.3 is 0 Å². The molecule has 202 valence electrons. The minimum absolute atomic E-state index is 0.109. The normalized spacial score (nSPS) is 18.4. The number of hydrogen-bond acceptors (Lipinski definition) is 8. The molecule has 1 atom stereocenters. The molecule has 1 fully saturated rings. The van der Waals surface area contributed by atoms with Crippen molar-refractivity contribution in [3.8, 4) is 17.5 Å². The highest BCUT2D eigenvalue weighted by Gasteiger charge is 2.28. The van der Waals surface area contributed by atoms with Gasteiger partial charge in [0, 0.05) is 18.4 Å². The summed E-state index contributed by atoms with van der Waals surface area (Å²) in [6, 6.07) is 9.71. The molecule has 4 heterocycles. The van der Waals surface area contributed by atoms with Crippen LogP contribution in [-0.4, -0.2) is 65.0 Å². The minimum Gasteiger partial charge on any atom is -0.387 e. The number of rotatable bonds is 8. The van der Waals surface area contributed by atoms with Gasteiger partial charge in [-0.25, -0.2) is 13.6 Å². The van der Waals surface area contributed by atoms with E-state index in [2.05, 4.69) is 37.1 Å². The van der Waals surface area contributed by atoms with Crippen molar-refractivity contribution >= 4 is 17.1 Å². The SMILES string of the molecule is CC(C)(O)[C@H](F)CNC(=O)c1cnc(-c2ccc3cc(C#N)cnn23)cc1N[C@H]1CC[C@H](n2ccnn2)CC1. The molecule has 39 heavy (non-hydrogen) atoms. The van der Waals surface area contributed by atoms with E-state index in [9.17, 15) is 19.6 Å². The highest BCUT2D eigenvalue weighted by Crippen LogP contribution is 2.32. The Hall–Kier alpha value is -4.37. The van der Waals surface area contributed by atoms with Gasteiger partial charge in [-0.2, -0.15) is 10.4 Å². The van der Waals surface area contributed by atoms with E-state index in [-0.39, 0.29) is 24.2 Å². The molecule has 12 heteroatoms. The third-order valence-electron chi connectivity index (χ3n) is 7.12. The molecule has 5 rings (SSSR count). The van der Waals surface area contributed by atoms with Gasteiger partial charge in [0.1, 0.15) is 12.2 Å². The lowest BCUT2D eigenvalue weighted by Gasteiger charge is -2.30. The summed E-state index contributed by atoms with van der Waals surface area (Å²) in [6.07, 6.45) is 8.41. The molecular formula is C27H30FN9O2. The number of nitrogens with zero attached hydrogens (tertiary/aromatic N) is 7. The summed E-state index contributed by atoms with van der Waals surface area (Å²) >= 11 is 0. The third kappa shape index (κ3) is 5.73. The van der Waals surface area contributed by atoms with Crippen molar-refractivity contribution in [2.75, 3.05) is 11.9 Å². The maximum atomic E-state index is 14.3. The van der Waals surface area contributed by atoms with Crippen LogP contribution in [0.5, 0.6) is 0 Å². The molecule has 0 bridgehead atoms. The summed E-state index contributed by atoms with van der Waals surface area (Å²) in [5, 5.41) is 37.6. The number of anilines is 1. The van der Waals surface area contributed by atoms with Crippen molar-refractivity contribution in [1.29, 1.82) is 5.26 Å². The second kappa shape index (κ2) is 10.8. The van der Waals surface area contributed by atoms with Crippen LogP contribution in [0.4, 0.5) is 10.1 Å². The molecule has 1 aliphatic carbocycles. The van der Waals surface area contributed by atoms with E-state index in [1.54, 1.807) is 22.8 Å². The standard InChI is InChI=1S/C27H30FN9O2/c1-27(2,39)25(28)16-31-26(38)21-15-30-23(24-8-7-20-11-17(13-29)14-33-37(20)24)12-22(21)34-18-3-5-19(6-4-18)36-10-9-32-35-36/h7-12,14-15,18-19,25,39H,3-6,16H2,1-2H3,(H,30,34)(H,31,38)/t18-,19-,25-/m1/s1. The summed E-state index contributed by atoms with van der Waals surface area (Å²) in [6.45, 7) is 2.39. The molecule has 11 nitrogen and oxygen atoms in total. The average molecular weight is 532 g/mol. The topological polar surface area (TPSA) is 146 Å². The fraction of sp³-hybridized carbons (Fsp3) is 0.407. The molecular weight excluding hydrogens is 501 g/mol. The number of halogens is 1. The van der Waals surface area contributed by atoms with E-state index in [4.69, 9.17) is 0 Å². The Balaban J connectivity index is 1.41.